The molecule has 2 aromatic rings. The fraction of sp³-hybridized carbons (Fsp3) is 0.500. The quantitative estimate of drug-likeness (QED) is 0.849. The van der Waals surface area contributed by atoms with Crippen molar-refractivity contribution in [2.24, 2.45) is 5.92 Å². The molecule has 0 saturated heterocycles. The number of aromatic nitrogens is 4. The van der Waals surface area contributed by atoms with Gasteiger partial charge in [-0.15, -0.1) is 0 Å². The van der Waals surface area contributed by atoms with E-state index in [1.165, 1.54) is 12.8 Å². The number of rotatable bonds is 5. The predicted molar refractivity (Wildman–Crippen MR) is 64.6 cm³/mol. The largest absolute Gasteiger partial charge is 0.339 e. The molecule has 6 heteroatoms. The van der Waals surface area contributed by atoms with Crippen molar-refractivity contribution in [1.82, 2.24) is 25.4 Å². The minimum atomic E-state index is 0.426. The summed E-state index contributed by atoms with van der Waals surface area (Å²) in [5.41, 5.74) is 0. The molecule has 0 amide bonds. The summed E-state index contributed by atoms with van der Waals surface area (Å²) in [4.78, 5) is 12.5. The van der Waals surface area contributed by atoms with Crippen molar-refractivity contribution in [2.45, 2.75) is 25.3 Å². The number of likely N-dealkylation sites (N-methyl/N-ethyl adjacent to an activating group) is 1. The molecule has 1 atom stereocenters. The standard InChI is InChI=1S/C12H15N5O/c1-13-9(8-3-4-8)7-10-16-12(17-18-10)11-14-5-2-6-15-11/h2,5-6,8-9,13H,3-4,7H2,1H3. The molecule has 1 unspecified atom stereocenters. The van der Waals surface area contributed by atoms with Crippen LogP contribution in [0, 0.1) is 5.92 Å². The Kier molecular flexibility index (Phi) is 3.02. The lowest BCUT2D eigenvalue weighted by Crippen LogP contribution is -2.29. The van der Waals surface area contributed by atoms with Gasteiger partial charge >= 0.3 is 0 Å². The molecule has 6 nitrogen and oxygen atoms in total. The molecule has 1 saturated carbocycles. The normalized spacial score (nSPS) is 16.7. The van der Waals surface area contributed by atoms with Crippen molar-refractivity contribution in [1.29, 1.82) is 0 Å². The second kappa shape index (κ2) is 4.81. The van der Waals surface area contributed by atoms with Crippen LogP contribution in [-0.4, -0.2) is 33.2 Å². The van der Waals surface area contributed by atoms with Gasteiger partial charge in [-0.1, -0.05) is 5.16 Å². The molecule has 1 fully saturated rings. The van der Waals surface area contributed by atoms with Crippen molar-refractivity contribution in [3.8, 4) is 11.6 Å². The molecule has 0 radical (unpaired) electrons. The highest BCUT2D eigenvalue weighted by Gasteiger charge is 2.31. The van der Waals surface area contributed by atoms with Gasteiger partial charge in [0.15, 0.2) is 0 Å². The first-order valence-corrected chi connectivity index (χ1v) is 6.14. The Balaban J connectivity index is 1.73. The first-order chi connectivity index (χ1) is 8.86. The molecule has 0 aromatic carbocycles. The van der Waals surface area contributed by atoms with Gasteiger partial charge in [0.25, 0.3) is 0 Å². The Hall–Kier alpha value is -1.82. The molecule has 1 aliphatic carbocycles. The third-order valence-electron chi connectivity index (χ3n) is 3.19. The van der Waals surface area contributed by atoms with Crippen LogP contribution in [0.15, 0.2) is 23.0 Å². The Morgan fingerprint density at radius 2 is 2.11 bits per heavy atom. The summed E-state index contributed by atoms with van der Waals surface area (Å²) in [6.07, 6.45) is 6.67. The van der Waals surface area contributed by atoms with Gasteiger partial charge in [-0.2, -0.15) is 4.98 Å². The molecule has 0 spiro atoms. The lowest BCUT2D eigenvalue weighted by molar-refractivity contribution is 0.352. The van der Waals surface area contributed by atoms with Crippen LogP contribution >= 0.6 is 0 Å². The zero-order chi connectivity index (χ0) is 12.4. The monoisotopic (exact) mass is 245 g/mol. The number of hydrogen-bond donors (Lipinski definition) is 1. The molecule has 2 heterocycles. The highest BCUT2D eigenvalue weighted by atomic mass is 16.5. The highest BCUT2D eigenvalue weighted by molar-refractivity contribution is 5.40. The van der Waals surface area contributed by atoms with Gasteiger partial charge in [0.05, 0.1) is 0 Å². The Morgan fingerprint density at radius 3 is 2.78 bits per heavy atom. The lowest BCUT2D eigenvalue weighted by Gasteiger charge is -2.11. The fourth-order valence-corrected chi connectivity index (χ4v) is 2.03. The number of nitrogens with zero attached hydrogens (tertiary/aromatic N) is 4. The average Bonchev–Trinajstić information content (AvgIpc) is 3.16. The molecular weight excluding hydrogens is 230 g/mol. The van der Waals surface area contributed by atoms with Gasteiger partial charge in [-0.3, -0.25) is 0 Å². The average molecular weight is 245 g/mol. The number of hydrogen-bond acceptors (Lipinski definition) is 6. The van der Waals surface area contributed by atoms with Crippen LogP contribution in [0.3, 0.4) is 0 Å². The summed E-state index contributed by atoms with van der Waals surface area (Å²) >= 11 is 0. The van der Waals surface area contributed by atoms with Crippen molar-refractivity contribution in [3.05, 3.63) is 24.4 Å². The van der Waals surface area contributed by atoms with E-state index in [2.05, 4.69) is 25.4 Å². The number of nitrogens with one attached hydrogen (secondary N) is 1. The Morgan fingerprint density at radius 1 is 1.33 bits per heavy atom. The van der Waals surface area contributed by atoms with Crippen LogP contribution < -0.4 is 5.32 Å². The topological polar surface area (TPSA) is 76.7 Å². The highest BCUT2D eigenvalue weighted by Crippen LogP contribution is 2.33. The molecule has 1 N–H and O–H groups in total. The smallest absolute Gasteiger partial charge is 0.240 e. The third kappa shape index (κ3) is 2.38. The molecule has 1 aliphatic rings. The Labute approximate surface area is 105 Å². The van der Waals surface area contributed by atoms with E-state index in [1.807, 2.05) is 7.05 Å². The second-order valence-corrected chi connectivity index (χ2v) is 4.52. The molecule has 2 aromatic heterocycles. The molecule has 18 heavy (non-hydrogen) atoms. The van der Waals surface area contributed by atoms with E-state index in [9.17, 15) is 0 Å². The molecule has 3 rings (SSSR count). The van der Waals surface area contributed by atoms with Crippen molar-refractivity contribution in [2.75, 3.05) is 7.05 Å². The summed E-state index contributed by atoms with van der Waals surface area (Å²) in [5.74, 6) is 2.35. The SMILES string of the molecule is CNC(Cc1nc(-c2ncccn2)no1)C1CC1. The molecule has 94 valence electrons. The zero-order valence-electron chi connectivity index (χ0n) is 10.2. The van der Waals surface area contributed by atoms with Crippen molar-refractivity contribution < 1.29 is 4.52 Å². The van der Waals surface area contributed by atoms with Crippen LogP contribution in [-0.2, 0) is 6.42 Å². The maximum atomic E-state index is 5.25. The summed E-state index contributed by atoms with van der Waals surface area (Å²) < 4.78 is 5.25. The Bertz CT molecular complexity index is 508. The summed E-state index contributed by atoms with van der Waals surface area (Å²) in [6, 6.07) is 2.18. The fourth-order valence-electron chi connectivity index (χ4n) is 2.03. The summed E-state index contributed by atoms with van der Waals surface area (Å²) in [6.45, 7) is 0. The van der Waals surface area contributed by atoms with Crippen LogP contribution in [0.4, 0.5) is 0 Å². The van der Waals surface area contributed by atoms with E-state index in [0.717, 1.165) is 12.3 Å². The van der Waals surface area contributed by atoms with Gasteiger partial charge in [0.1, 0.15) is 0 Å². The van der Waals surface area contributed by atoms with Gasteiger partial charge in [0, 0.05) is 24.9 Å². The second-order valence-electron chi connectivity index (χ2n) is 4.52. The van der Waals surface area contributed by atoms with Crippen LogP contribution in [0.5, 0.6) is 0 Å². The summed E-state index contributed by atoms with van der Waals surface area (Å²) in [5, 5.41) is 7.22. The van der Waals surface area contributed by atoms with Crippen molar-refractivity contribution in [3.63, 3.8) is 0 Å². The van der Waals surface area contributed by atoms with Crippen LogP contribution in [0.2, 0.25) is 0 Å². The maximum Gasteiger partial charge on any atom is 0.240 e. The van der Waals surface area contributed by atoms with Crippen LogP contribution in [0.1, 0.15) is 18.7 Å². The summed E-state index contributed by atoms with van der Waals surface area (Å²) in [7, 11) is 1.97. The van der Waals surface area contributed by atoms with Crippen molar-refractivity contribution >= 4 is 0 Å². The van der Waals surface area contributed by atoms with Gasteiger partial charge in [-0.05, 0) is 31.9 Å². The van der Waals surface area contributed by atoms with Crippen LogP contribution in [0.25, 0.3) is 11.6 Å². The first-order valence-electron chi connectivity index (χ1n) is 6.14. The maximum absolute atomic E-state index is 5.25. The molecule has 0 bridgehead atoms. The predicted octanol–water partition coefficient (Wildman–Crippen LogP) is 1.07. The van der Waals surface area contributed by atoms with Gasteiger partial charge in [0.2, 0.25) is 17.5 Å². The van der Waals surface area contributed by atoms with E-state index >= 15 is 0 Å². The van der Waals surface area contributed by atoms with E-state index in [1.54, 1.807) is 18.5 Å². The third-order valence-corrected chi connectivity index (χ3v) is 3.19. The van der Waals surface area contributed by atoms with Gasteiger partial charge in [-0.25, -0.2) is 9.97 Å². The van der Waals surface area contributed by atoms with E-state index in [-0.39, 0.29) is 0 Å². The molecule has 0 aliphatic heterocycles. The van der Waals surface area contributed by atoms with E-state index in [4.69, 9.17) is 4.52 Å². The zero-order valence-corrected chi connectivity index (χ0v) is 10.2. The first kappa shape index (κ1) is 11.3. The van der Waals surface area contributed by atoms with Gasteiger partial charge < -0.3 is 9.84 Å². The van der Waals surface area contributed by atoms with E-state index < -0.39 is 0 Å². The minimum Gasteiger partial charge on any atom is -0.339 e. The minimum absolute atomic E-state index is 0.426. The molecular formula is C12H15N5O. The lowest BCUT2D eigenvalue weighted by atomic mass is 10.1. The van der Waals surface area contributed by atoms with E-state index in [0.29, 0.717) is 23.6 Å².